The summed E-state index contributed by atoms with van der Waals surface area (Å²) in [6.45, 7) is 0. The lowest BCUT2D eigenvalue weighted by Gasteiger charge is -2.21. The van der Waals surface area contributed by atoms with E-state index in [-0.39, 0.29) is 5.38 Å². The van der Waals surface area contributed by atoms with Gasteiger partial charge in [-0.05, 0) is 12.8 Å². The van der Waals surface area contributed by atoms with Crippen LogP contribution in [0.2, 0.25) is 0 Å². The van der Waals surface area contributed by atoms with Gasteiger partial charge in [-0.1, -0.05) is 0 Å². The minimum absolute atomic E-state index is 0.247. The molecule has 0 heterocycles. The quantitative estimate of drug-likeness (QED) is 0.628. The zero-order valence-electron chi connectivity index (χ0n) is 6.70. The molecule has 13 heavy (non-hydrogen) atoms. The van der Waals surface area contributed by atoms with Crippen LogP contribution in [0.1, 0.15) is 12.8 Å². The van der Waals surface area contributed by atoms with Gasteiger partial charge in [-0.15, -0.1) is 69.6 Å². The van der Waals surface area contributed by atoms with Gasteiger partial charge in [0.25, 0.3) is 0 Å². The molecule has 0 aromatic carbocycles. The topological polar surface area (TPSA) is 0 Å². The molecule has 0 saturated heterocycles. The molecule has 80 valence electrons. The van der Waals surface area contributed by atoms with Gasteiger partial charge in [-0.3, -0.25) is 0 Å². The van der Waals surface area contributed by atoms with Crippen molar-refractivity contribution in [2.45, 2.75) is 33.8 Å². The molecule has 0 fully saturated rings. The highest BCUT2D eigenvalue weighted by Crippen LogP contribution is 2.28. The first-order chi connectivity index (χ1) is 6.00. The Morgan fingerprint density at radius 3 is 1.77 bits per heavy atom. The molecule has 3 atom stereocenters. The van der Waals surface area contributed by atoms with E-state index in [1.54, 1.807) is 0 Å². The normalized spacial score (nSPS) is 18.7. The largest absolute Gasteiger partial charge is 0.127 e. The zero-order chi connectivity index (χ0) is 10.4. The molecule has 0 aromatic heterocycles. The standard InChI is InChI=1S/C7H10Cl6/c8-3-1-2-4(9)5(10)6(11)7(12)13/h4-7H,1-3H2. The fraction of sp³-hybridized carbons (Fsp3) is 1.00. The second kappa shape index (κ2) is 7.96. The van der Waals surface area contributed by atoms with Crippen molar-refractivity contribution in [1.29, 1.82) is 0 Å². The van der Waals surface area contributed by atoms with Crippen molar-refractivity contribution in [2.75, 3.05) is 5.88 Å². The Hall–Kier alpha value is 1.74. The van der Waals surface area contributed by atoms with E-state index in [9.17, 15) is 0 Å². The van der Waals surface area contributed by atoms with Crippen LogP contribution in [0.15, 0.2) is 0 Å². The molecule has 0 nitrogen and oxygen atoms in total. The summed E-state index contributed by atoms with van der Waals surface area (Å²) >= 11 is 34.4. The minimum atomic E-state index is -0.707. The average Bonchev–Trinajstić information content (AvgIpc) is 2.11. The van der Waals surface area contributed by atoms with Crippen molar-refractivity contribution in [2.24, 2.45) is 0 Å². The first kappa shape index (κ1) is 14.7. The van der Waals surface area contributed by atoms with Crippen LogP contribution in [-0.4, -0.2) is 26.8 Å². The zero-order valence-corrected chi connectivity index (χ0v) is 11.2. The van der Waals surface area contributed by atoms with Gasteiger partial charge in [0.2, 0.25) is 0 Å². The van der Waals surface area contributed by atoms with E-state index in [4.69, 9.17) is 69.6 Å². The molecular weight excluding hydrogens is 297 g/mol. The maximum absolute atomic E-state index is 5.96. The van der Waals surface area contributed by atoms with Gasteiger partial charge in [0.15, 0.2) is 0 Å². The van der Waals surface area contributed by atoms with E-state index in [1.165, 1.54) is 0 Å². The van der Waals surface area contributed by atoms with Gasteiger partial charge >= 0.3 is 0 Å². The predicted molar refractivity (Wildman–Crippen MR) is 64.4 cm³/mol. The lowest BCUT2D eigenvalue weighted by Crippen LogP contribution is -2.30. The summed E-state index contributed by atoms with van der Waals surface area (Å²) in [4.78, 5) is -0.707. The highest BCUT2D eigenvalue weighted by atomic mass is 35.5. The van der Waals surface area contributed by atoms with Crippen molar-refractivity contribution in [3.63, 3.8) is 0 Å². The number of halogens is 6. The highest BCUT2D eigenvalue weighted by molar-refractivity contribution is 6.50. The monoisotopic (exact) mass is 304 g/mol. The molecular formula is C7H10Cl6. The SMILES string of the molecule is ClCCCC(Cl)C(Cl)C(Cl)C(Cl)Cl. The van der Waals surface area contributed by atoms with Gasteiger partial charge < -0.3 is 0 Å². The Balaban J connectivity index is 3.86. The van der Waals surface area contributed by atoms with Crippen molar-refractivity contribution >= 4 is 69.6 Å². The number of hydrogen-bond donors (Lipinski definition) is 0. The van der Waals surface area contributed by atoms with Crippen molar-refractivity contribution in [3.05, 3.63) is 0 Å². The Morgan fingerprint density at radius 1 is 0.846 bits per heavy atom. The van der Waals surface area contributed by atoms with Crippen LogP contribution in [0.5, 0.6) is 0 Å². The number of alkyl halides is 6. The summed E-state index contributed by atoms with van der Waals surface area (Å²) < 4.78 is 0. The molecule has 0 N–H and O–H groups in total. The lowest BCUT2D eigenvalue weighted by molar-refractivity contribution is 0.672. The molecule has 0 bridgehead atoms. The molecule has 0 aliphatic heterocycles. The van der Waals surface area contributed by atoms with E-state index in [0.717, 1.165) is 6.42 Å². The summed E-state index contributed by atoms with van der Waals surface area (Å²) in [5, 5.41) is -1.22. The molecule has 0 saturated carbocycles. The van der Waals surface area contributed by atoms with Crippen LogP contribution in [0.3, 0.4) is 0 Å². The molecule has 0 aliphatic carbocycles. The second-order valence-corrected chi connectivity index (χ2v) is 5.68. The third-order valence-electron chi connectivity index (χ3n) is 1.50. The molecule has 0 aromatic rings. The van der Waals surface area contributed by atoms with E-state index in [1.807, 2.05) is 0 Å². The average molecular weight is 307 g/mol. The highest BCUT2D eigenvalue weighted by Gasteiger charge is 2.28. The number of rotatable bonds is 6. The molecule has 6 heteroatoms. The summed E-state index contributed by atoms with van der Waals surface area (Å²) in [5.74, 6) is 0.560. The molecule has 0 amide bonds. The molecule has 3 unspecified atom stereocenters. The van der Waals surface area contributed by atoms with Crippen LogP contribution in [0.4, 0.5) is 0 Å². The first-order valence-corrected chi connectivity index (χ1v) is 6.48. The van der Waals surface area contributed by atoms with E-state index in [2.05, 4.69) is 0 Å². The third kappa shape index (κ3) is 6.02. The third-order valence-corrected chi connectivity index (χ3v) is 4.42. The Morgan fingerprint density at radius 2 is 1.38 bits per heavy atom. The van der Waals surface area contributed by atoms with Gasteiger partial charge in [0.05, 0.1) is 16.1 Å². The minimum Gasteiger partial charge on any atom is -0.127 e. The first-order valence-electron chi connectivity index (χ1n) is 3.77. The van der Waals surface area contributed by atoms with Crippen LogP contribution >= 0.6 is 69.6 Å². The van der Waals surface area contributed by atoms with Crippen LogP contribution in [0, 0.1) is 0 Å². The van der Waals surface area contributed by atoms with Crippen LogP contribution in [0.25, 0.3) is 0 Å². The summed E-state index contributed by atoms with van der Waals surface area (Å²) in [5.41, 5.74) is 0. The van der Waals surface area contributed by atoms with E-state index < -0.39 is 15.6 Å². The lowest BCUT2D eigenvalue weighted by atomic mass is 10.1. The van der Waals surface area contributed by atoms with Gasteiger partial charge in [-0.2, -0.15) is 0 Å². The van der Waals surface area contributed by atoms with Crippen molar-refractivity contribution in [1.82, 2.24) is 0 Å². The second-order valence-electron chi connectivity index (χ2n) is 2.57. The fourth-order valence-electron chi connectivity index (χ4n) is 0.770. The molecule has 0 aliphatic rings. The maximum Gasteiger partial charge on any atom is 0.125 e. The van der Waals surface area contributed by atoms with Crippen LogP contribution in [-0.2, 0) is 0 Å². The summed E-state index contributed by atoms with van der Waals surface area (Å²) in [7, 11) is 0. The summed E-state index contributed by atoms with van der Waals surface area (Å²) in [6, 6.07) is 0. The van der Waals surface area contributed by atoms with Crippen molar-refractivity contribution in [3.8, 4) is 0 Å². The van der Waals surface area contributed by atoms with E-state index in [0.29, 0.717) is 12.3 Å². The summed E-state index contributed by atoms with van der Waals surface area (Å²) in [6.07, 6.45) is 1.51. The molecule has 0 rings (SSSR count). The fourth-order valence-corrected chi connectivity index (χ4v) is 2.22. The maximum atomic E-state index is 5.96. The van der Waals surface area contributed by atoms with Gasteiger partial charge in [0, 0.05) is 5.88 Å². The molecule has 0 spiro atoms. The van der Waals surface area contributed by atoms with Crippen molar-refractivity contribution < 1.29 is 0 Å². The Kier molecular flexibility index (Phi) is 9.02. The van der Waals surface area contributed by atoms with Crippen LogP contribution < -0.4 is 0 Å². The van der Waals surface area contributed by atoms with E-state index >= 15 is 0 Å². The Bertz CT molecular complexity index is 128. The number of hydrogen-bond acceptors (Lipinski definition) is 0. The predicted octanol–water partition coefficient (Wildman–Crippen LogP) is 4.63. The van der Waals surface area contributed by atoms with Gasteiger partial charge in [0.1, 0.15) is 4.84 Å². The Labute approximate surface area is 109 Å². The molecule has 0 radical (unpaired) electrons. The smallest absolute Gasteiger partial charge is 0.125 e. The van der Waals surface area contributed by atoms with Gasteiger partial charge in [-0.25, -0.2) is 0 Å².